The van der Waals surface area contributed by atoms with Crippen molar-refractivity contribution in [1.29, 1.82) is 0 Å². The van der Waals surface area contributed by atoms with Crippen molar-refractivity contribution in [1.82, 2.24) is 16.2 Å². The van der Waals surface area contributed by atoms with Crippen LogP contribution < -0.4 is 20.9 Å². The molecule has 3 aromatic rings. The lowest BCUT2D eigenvalue weighted by molar-refractivity contribution is -0.140. The van der Waals surface area contributed by atoms with Crippen LogP contribution in [0.2, 0.25) is 0 Å². The van der Waals surface area contributed by atoms with E-state index in [1.54, 1.807) is 42.5 Å². The van der Waals surface area contributed by atoms with Crippen molar-refractivity contribution in [2.75, 3.05) is 0 Å². The number of hydrazine groups is 1. The molecule has 0 spiro atoms. The molecule has 0 aliphatic heterocycles. The zero-order valence-corrected chi connectivity index (χ0v) is 26.1. The van der Waals surface area contributed by atoms with Crippen molar-refractivity contribution in [3.63, 3.8) is 0 Å². The lowest BCUT2D eigenvalue weighted by Crippen LogP contribution is -2.54. The molecule has 3 rings (SSSR count). The maximum absolute atomic E-state index is 13.0. The van der Waals surface area contributed by atoms with E-state index < -0.39 is 41.3 Å². The average Bonchev–Trinajstić information content (AvgIpc) is 2.98. The van der Waals surface area contributed by atoms with E-state index in [2.05, 4.69) is 32.1 Å². The molecule has 0 heterocycles. The predicted octanol–water partition coefficient (Wildman–Crippen LogP) is 5.15. The first kappa shape index (κ1) is 33.8. The number of rotatable bonds is 11. The SMILES string of the molecule is CC(C)(C)CC(=O)C(=O)N[C@@H](Cc1ccc(OC(=O)OCc2ccccc2Br)cc1)C(=O)NNC(=O)OCc1ccccc1. The van der Waals surface area contributed by atoms with Gasteiger partial charge in [-0.3, -0.25) is 19.8 Å². The third kappa shape index (κ3) is 11.9. The summed E-state index contributed by atoms with van der Waals surface area (Å²) in [4.78, 5) is 62.4. The Morgan fingerprint density at radius 1 is 0.773 bits per heavy atom. The summed E-state index contributed by atoms with van der Waals surface area (Å²) in [5.74, 6) is -2.21. The van der Waals surface area contributed by atoms with Gasteiger partial charge in [0, 0.05) is 22.9 Å². The van der Waals surface area contributed by atoms with E-state index in [0.29, 0.717) is 5.56 Å². The van der Waals surface area contributed by atoms with Crippen molar-refractivity contribution in [2.24, 2.45) is 5.41 Å². The second-order valence-corrected chi connectivity index (χ2v) is 11.8. The van der Waals surface area contributed by atoms with Gasteiger partial charge in [0.05, 0.1) is 0 Å². The predicted molar refractivity (Wildman–Crippen MR) is 164 cm³/mol. The molecule has 0 bridgehead atoms. The van der Waals surface area contributed by atoms with Gasteiger partial charge in [-0.1, -0.05) is 97.4 Å². The number of nitrogens with one attached hydrogen (secondary N) is 3. The van der Waals surface area contributed by atoms with Crippen molar-refractivity contribution in [3.05, 3.63) is 100 Å². The van der Waals surface area contributed by atoms with Crippen LogP contribution in [0.3, 0.4) is 0 Å². The Labute approximate surface area is 263 Å². The van der Waals surface area contributed by atoms with Crippen molar-refractivity contribution < 1.29 is 38.2 Å². The van der Waals surface area contributed by atoms with Crippen LogP contribution in [-0.2, 0) is 43.5 Å². The fourth-order valence-corrected chi connectivity index (χ4v) is 4.18. The molecular weight excluding hydrogens is 634 g/mol. The fraction of sp³-hybridized carbons (Fsp3) is 0.281. The molecule has 0 radical (unpaired) electrons. The summed E-state index contributed by atoms with van der Waals surface area (Å²) in [6, 6.07) is 21.2. The third-order valence-electron chi connectivity index (χ3n) is 5.93. The summed E-state index contributed by atoms with van der Waals surface area (Å²) in [6.07, 6.45) is -1.89. The lowest BCUT2D eigenvalue weighted by Gasteiger charge is -2.20. The number of ether oxygens (including phenoxy) is 3. The molecule has 12 heteroatoms. The largest absolute Gasteiger partial charge is 0.514 e. The lowest BCUT2D eigenvalue weighted by atomic mass is 9.89. The van der Waals surface area contributed by atoms with Crippen LogP contribution in [-0.4, -0.2) is 35.9 Å². The molecular formula is C32H34BrN3O8. The molecule has 1 atom stereocenters. The van der Waals surface area contributed by atoms with E-state index in [4.69, 9.17) is 14.2 Å². The maximum Gasteiger partial charge on any atom is 0.514 e. The van der Waals surface area contributed by atoms with E-state index in [1.807, 2.05) is 45.0 Å². The third-order valence-corrected chi connectivity index (χ3v) is 6.71. The van der Waals surface area contributed by atoms with E-state index in [-0.39, 0.29) is 31.8 Å². The van der Waals surface area contributed by atoms with Gasteiger partial charge in [-0.25, -0.2) is 15.0 Å². The monoisotopic (exact) mass is 667 g/mol. The summed E-state index contributed by atoms with van der Waals surface area (Å²) in [6.45, 7) is 5.43. The Morgan fingerprint density at radius 3 is 2.09 bits per heavy atom. The van der Waals surface area contributed by atoms with Gasteiger partial charge in [0.1, 0.15) is 25.0 Å². The molecule has 0 saturated heterocycles. The zero-order valence-electron chi connectivity index (χ0n) is 24.6. The Kier molecular flexibility index (Phi) is 12.5. The highest BCUT2D eigenvalue weighted by Gasteiger charge is 2.27. The molecule has 0 fully saturated rings. The minimum absolute atomic E-state index is 0.0105. The number of ketones is 1. The van der Waals surface area contributed by atoms with Gasteiger partial charge in [-0.15, -0.1) is 0 Å². The highest BCUT2D eigenvalue weighted by atomic mass is 79.9. The molecule has 232 valence electrons. The fourth-order valence-electron chi connectivity index (χ4n) is 3.78. The number of carbonyl (C=O) groups excluding carboxylic acids is 5. The van der Waals surface area contributed by atoms with Crippen molar-refractivity contribution in [2.45, 2.75) is 52.9 Å². The molecule has 44 heavy (non-hydrogen) atoms. The number of hydrogen-bond donors (Lipinski definition) is 3. The number of amides is 3. The molecule has 11 nitrogen and oxygen atoms in total. The van der Waals surface area contributed by atoms with Crippen molar-refractivity contribution in [3.8, 4) is 5.75 Å². The number of halogens is 1. The summed E-state index contributed by atoms with van der Waals surface area (Å²) >= 11 is 3.39. The van der Waals surface area contributed by atoms with Crippen LogP contribution in [0.4, 0.5) is 9.59 Å². The first-order valence-corrected chi connectivity index (χ1v) is 14.5. The Hall–Kier alpha value is -4.71. The molecule has 0 aliphatic rings. The minimum atomic E-state index is -1.23. The van der Waals surface area contributed by atoms with E-state index >= 15 is 0 Å². The molecule has 0 unspecified atom stereocenters. The van der Waals surface area contributed by atoms with Crippen LogP contribution in [0.5, 0.6) is 5.75 Å². The Morgan fingerprint density at radius 2 is 1.43 bits per heavy atom. The summed E-state index contributed by atoms with van der Waals surface area (Å²) in [7, 11) is 0. The van der Waals surface area contributed by atoms with Gasteiger partial charge in [-0.2, -0.15) is 0 Å². The highest BCUT2D eigenvalue weighted by Crippen LogP contribution is 2.20. The number of carbonyl (C=O) groups is 5. The molecule has 3 aromatic carbocycles. The second-order valence-electron chi connectivity index (χ2n) is 10.9. The molecule has 0 saturated carbocycles. The topological polar surface area (TPSA) is 149 Å². The molecule has 0 aromatic heterocycles. The maximum atomic E-state index is 13.0. The summed E-state index contributed by atoms with van der Waals surface area (Å²) in [5.41, 5.74) is 6.01. The molecule has 0 aliphatic carbocycles. The van der Waals surface area contributed by atoms with E-state index in [1.165, 1.54) is 12.1 Å². The first-order chi connectivity index (χ1) is 20.9. The van der Waals surface area contributed by atoms with Gasteiger partial charge in [0.25, 0.3) is 11.8 Å². The zero-order chi connectivity index (χ0) is 32.1. The molecule has 3 amide bonds. The normalized spacial score (nSPS) is 11.5. The Bertz CT molecular complexity index is 1460. The second kappa shape index (κ2) is 16.2. The van der Waals surface area contributed by atoms with Crippen LogP contribution in [0.1, 0.15) is 43.9 Å². The number of hydrogen-bond acceptors (Lipinski definition) is 8. The van der Waals surface area contributed by atoms with Gasteiger partial charge in [0.15, 0.2) is 0 Å². The standard InChI is InChI=1S/C32H34BrN3O8/c1-32(2,3)18-27(37)29(39)34-26(28(38)35-36-30(40)42-19-22-9-5-4-6-10-22)17-21-13-15-24(16-14-21)44-31(41)43-20-23-11-7-8-12-25(23)33/h4-16,26H,17-20H2,1-3H3,(H,34,39)(H,35,38)(H,36,40)/t26-/m0/s1. The molecule has 3 N–H and O–H groups in total. The first-order valence-electron chi connectivity index (χ1n) is 13.7. The number of benzene rings is 3. The summed E-state index contributed by atoms with van der Waals surface area (Å²) in [5, 5.41) is 2.45. The van der Waals surface area contributed by atoms with Crippen LogP contribution >= 0.6 is 15.9 Å². The van der Waals surface area contributed by atoms with Gasteiger partial charge < -0.3 is 19.5 Å². The quantitative estimate of drug-likeness (QED) is 0.110. The van der Waals surface area contributed by atoms with Gasteiger partial charge in [0.2, 0.25) is 5.78 Å². The Balaban J connectivity index is 1.60. The average molecular weight is 669 g/mol. The van der Waals surface area contributed by atoms with E-state index in [9.17, 15) is 24.0 Å². The number of Topliss-reactive ketones (excluding diaryl/α,β-unsaturated/α-hetero) is 1. The van der Waals surface area contributed by atoms with Crippen LogP contribution in [0.25, 0.3) is 0 Å². The minimum Gasteiger partial charge on any atom is -0.443 e. The smallest absolute Gasteiger partial charge is 0.443 e. The summed E-state index contributed by atoms with van der Waals surface area (Å²) < 4.78 is 16.3. The van der Waals surface area contributed by atoms with Gasteiger partial charge >= 0.3 is 12.2 Å². The van der Waals surface area contributed by atoms with Crippen molar-refractivity contribution >= 4 is 45.8 Å². The van der Waals surface area contributed by atoms with Crippen LogP contribution in [0.15, 0.2) is 83.3 Å². The van der Waals surface area contributed by atoms with E-state index in [0.717, 1.165) is 15.6 Å². The highest BCUT2D eigenvalue weighted by molar-refractivity contribution is 9.10. The van der Waals surface area contributed by atoms with Gasteiger partial charge in [-0.05, 0) is 34.7 Å². The van der Waals surface area contributed by atoms with Crippen LogP contribution in [0, 0.1) is 5.41 Å².